The van der Waals surface area contributed by atoms with Gasteiger partial charge in [-0.15, -0.1) is 11.3 Å². The zero-order valence-electron chi connectivity index (χ0n) is 13.9. The molecule has 1 aliphatic carbocycles. The fourth-order valence-electron chi connectivity index (χ4n) is 3.01. The highest BCUT2D eigenvalue weighted by Gasteiger charge is 2.24. The first kappa shape index (κ1) is 16.5. The maximum absolute atomic E-state index is 12.5. The number of rotatable bonds is 4. The van der Waals surface area contributed by atoms with Crippen LogP contribution in [0.1, 0.15) is 46.6 Å². The molecule has 24 heavy (non-hydrogen) atoms. The van der Waals surface area contributed by atoms with E-state index in [4.69, 9.17) is 4.74 Å². The predicted octanol–water partition coefficient (Wildman–Crippen LogP) is 4.40. The van der Waals surface area contributed by atoms with Gasteiger partial charge in [-0.3, -0.25) is 4.79 Å². The fourth-order valence-corrected chi connectivity index (χ4v) is 4.20. The number of amides is 1. The number of carbonyl (C=O) groups excluding carboxylic acids is 1. The van der Waals surface area contributed by atoms with Gasteiger partial charge in [0.15, 0.2) is 0 Å². The van der Waals surface area contributed by atoms with E-state index in [2.05, 4.69) is 18.3 Å². The topological polar surface area (TPSA) is 62.1 Å². The van der Waals surface area contributed by atoms with Crippen LogP contribution in [0.4, 0.5) is 5.00 Å². The fraction of sp³-hybridized carbons (Fsp3) is 0.368. The second kappa shape index (κ2) is 7.06. The summed E-state index contributed by atoms with van der Waals surface area (Å²) < 4.78 is 5.39. The number of hydrogen-bond donors (Lipinski definition) is 1. The molecule has 124 valence electrons. The summed E-state index contributed by atoms with van der Waals surface area (Å²) in [5, 5.41) is 13.1. The van der Waals surface area contributed by atoms with Crippen LogP contribution >= 0.6 is 11.3 Å². The zero-order chi connectivity index (χ0) is 17.1. The number of nitrogens with zero attached hydrogens (tertiary/aromatic N) is 1. The first-order valence-corrected chi connectivity index (χ1v) is 9.02. The molecule has 1 aromatic carbocycles. The van der Waals surface area contributed by atoms with Gasteiger partial charge in [0.2, 0.25) is 0 Å². The monoisotopic (exact) mass is 340 g/mol. The van der Waals surface area contributed by atoms with E-state index >= 15 is 0 Å². The molecular weight excluding hydrogens is 320 g/mol. The van der Waals surface area contributed by atoms with E-state index in [1.807, 2.05) is 6.92 Å². The normalized spacial score (nSPS) is 16.1. The van der Waals surface area contributed by atoms with Crippen LogP contribution in [0.2, 0.25) is 0 Å². The van der Waals surface area contributed by atoms with Crippen LogP contribution in [0.25, 0.3) is 0 Å². The molecule has 1 aliphatic rings. The molecule has 1 atom stereocenters. The second-order valence-electron chi connectivity index (χ2n) is 6.08. The van der Waals surface area contributed by atoms with Gasteiger partial charge in [0.1, 0.15) is 16.8 Å². The van der Waals surface area contributed by atoms with Gasteiger partial charge in [0.25, 0.3) is 5.91 Å². The Morgan fingerprint density at radius 1 is 1.42 bits per heavy atom. The van der Waals surface area contributed by atoms with Gasteiger partial charge in [0, 0.05) is 10.4 Å². The van der Waals surface area contributed by atoms with Gasteiger partial charge in [-0.05, 0) is 61.9 Å². The summed E-state index contributed by atoms with van der Waals surface area (Å²) in [6.45, 7) is 4.72. The van der Waals surface area contributed by atoms with E-state index in [1.165, 1.54) is 4.88 Å². The summed E-state index contributed by atoms with van der Waals surface area (Å²) in [5.41, 5.74) is 2.33. The minimum absolute atomic E-state index is 0.193. The summed E-state index contributed by atoms with van der Waals surface area (Å²) in [6, 6.07) is 9.32. The lowest BCUT2D eigenvalue weighted by Crippen LogP contribution is -2.12. The molecule has 0 radical (unpaired) electrons. The Kier molecular flexibility index (Phi) is 4.86. The quantitative estimate of drug-likeness (QED) is 0.897. The molecular formula is C19H20N2O2S. The van der Waals surface area contributed by atoms with Crippen molar-refractivity contribution in [2.24, 2.45) is 5.92 Å². The molecule has 1 amide bonds. The molecule has 1 unspecified atom stereocenters. The Balaban J connectivity index is 1.81. The van der Waals surface area contributed by atoms with Crippen molar-refractivity contribution in [1.82, 2.24) is 0 Å². The van der Waals surface area contributed by atoms with Crippen LogP contribution in [0.15, 0.2) is 24.3 Å². The third kappa shape index (κ3) is 3.29. The van der Waals surface area contributed by atoms with Crippen LogP contribution in [-0.4, -0.2) is 12.5 Å². The molecule has 1 aromatic heterocycles. The number of hydrogen-bond acceptors (Lipinski definition) is 4. The third-order valence-corrected chi connectivity index (χ3v) is 5.48. The molecule has 3 rings (SSSR count). The number of ether oxygens (including phenoxy) is 1. The van der Waals surface area contributed by atoms with Crippen LogP contribution in [0.5, 0.6) is 5.75 Å². The van der Waals surface area contributed by atoms with Crippen molar-refractivity contribution < 1.29 is 9.53 Å². The first-order valence-electron chi connectivity index (χ1n) is 8.21. The largest absolute Gasteiger partial charge is 0.494 e. The standard InChI is InChI=1S/C19H20N2O2S/c1-3-23-14-7-5-13(6-8-14)18(22)21-19-16(11-20)15-10-12(2)4-9-17(15)24-19/h5-8,12H,3-4,9-10H2,1-2H3,(H,21,22). The molecule has 0 fully saturated rings. The number of anilines is 1. The van der Waals surface area contributed by atoms with Gasteiger partial charge >= 0.3 is 0 Å². The van der Waals surface area contributed by atoms with E-state index < -0.39 is 0 Å². The maximum atomic E-state index is 12.5. The highest BCUT2D eigenvalue weighted by atomic mass is 32.1. The van der Waals surface area contributed by atoms with E-state index in [9.17, 15) is 10.1 Å². The molecule has 5 heteroatoms. The Labute approximate surface area is 146 Å². The van der Waals surface area contributed by atoms with Crippen LogP contribution in [-0.2, 0) is 12.8 Å². The highest BCUT2D eigenvalue weighted by Crippen LogP contribution is 2.39. The summed E-state index contributed by atoms with van der Waals surface area (Å²) in [6.07, 6.45) is 3.06. The second-order valence-corrected chi connectivity index (χ2v) is 7.18. The summed E-state index contributed by atoms with van der Waals surface area (Å²) in [7, 11) is 0. The van der Waals surface area contributed by atoms with Crippen molar-refractivity contribution in [3.8, 4) is 11.8 Å². The van der Waals surface area contributed by atoms with Crippen LogP contribution in [0, 0.1) is 17.2 Å². The number of carbonyl (C=O) groups is 1. The Morgan fingerprint density at radius 2 is 2.17 bits per heavy atom. The summed E-state index contributed by atoms with van der Waals surface area (Å²) >= 11 is 1.54. The summed E-state index contributed by atoms with van der Waals surface area (Å²) in [4.78, 5) is 13.7. The highest BCUT2D eigenvalue weighted by molar-refractivity contribution is 7.16. The molecule has 1 heterocycles. The lowest BCUT2D eigenvalue weighted by Gasteiger charge is -2.17. The van der Waals surface area contributed by atoms with Gasteiger partial charge < -0.3 is 10.1 Å². The molecule has 0 bridgehead atoms. The number of benzene rings is 1. The van der Waals surface area contributed by atoms with Crippen molar-refractivity contribution in [3.05, 3.63) is 45.8 Å². The number of aryl methyl sites for hydroxylation is 1. The minimum Gasteiger partial charge on any atom is -0.494 e. The van der Waals surface area contributed by atoms with Gasteiger partial charge in [-0.2, -0.15) is 5.26 Å². The molecule has 0 spiro atoms. The van der Waals surface area contributed by atoms with Gasteiger partial charge in [0.05, 0.1) is 12.2 Å². The van der Waals surface area contributed by atoms with E-state index in [-0.39, 0.29) is 5.91 Å². The average Bonchev–Trinajstić information content (AvgIpc) is 2.92. The maximum Gasteiger partial charge on any atom is 0.256 e. The molecule has 1 N–H and O–H groups in total. The zero-order valence-corrected chi connectivity index (χ0v) is 14.7. The van der Waals surface area contributed by atoms with Crippen molar-refractivity contribution in [2.75, 3.05) is 11.9 Å². The minimum atomic E-state index is -0.193. The molecule has 4 nitrogen and oxygen atoms in total. The molecule has 2 aromatic rings. The number of nitriles is 1. The van der Waals surface area contributed by atoms with Crippen molar-refractivity contribution in [1.29, 1.82) is 5.26 Å². The SMILES string of the molecule is CCOc1ccc(C(=O)Nc2sc3c(c2C#N)CC(C)CC3)cc1. The predicted molar refractivity (Wildman–Crippen MR) is 95.8 cm³/mol. The third-order valence-electron chi connectivity index (χ3n) is 4.27. The smallest absolute Gasteiger partial charge is 0.256 e. The van der Waals surface area contributed by atoms with Gasteiger partial charge in [-0.25, -0.2) is 0 Å². The number of fused-ring (bicyclic) bond motifs is 1. The molecule has 0 saturated heterocycles. The lowest BCUT2D eigenvalue weighted by atomic mass is 9.88. The Morgan fingerprint density at radius 3 is 2.83 bits per heavy atom. The van der Waals surface area contributed by atoms with Crippen molar-refractivity contribution in [3.63, 3.8) is 0 Å². The van der Waals surface area contributed by atoms with E-state index in [0.717, 1.165) is 30.6 Å². The first-order chi connectivity index (χ1) is 11.6. The molecule has 0 aliphatic heterocycles. The van der Waals surface area contributed by atoms with Crippen LogP contribution < -0.4 is 10.1 Å². The van der Waals surface area contributed by atoms with Crippen LogP contribution in [0.3, 0.4) is 0 Å². The van der Waals surface area contributed by atoms with Crippen molar-refractivity contribution >= 4 is 22.2 Å². The van der Waals surface area contributed by atoms with Gasteiger partial charge in [-0.1, -0.05) is 6.92 Å². The number of thiophene rings is 1. The lowest BCUT2D eigenvalue weighted by molar-refractivity contribution is 0.102. The Bertz CT molecular complexity index is 787. The summed E-state index contributed by atoms with van der Waals surface area (Å²) in [5.74, 6) is 1.14. The van der Waals surface area contributed by atoms with Crippen molar-refractivity contribution in [2.45, 2.75) is 33.1 Å². The number of nitrogens with one attached hydrogen (secondary N) is 1. The Hall–Kier alpha value is -2.32. The average molecular weight is 340 g/mol. The molecule has 0 saturated carbocycles. The van der Waals surface area contributed by atoms with E-state index in [1.54, 1.807) is 35.6 Å². The van der Waals surface area contributed by atoms with E-state index in [0.29, 0.717) is 28.7 Å².